The molecule has 1 saturated carbocycles. The van der Waals surface area contributed by atoms with E-state index in [9.17, 15) is 10.5 Å². The van der Waals surface area contributed by atoms with Crippen LogP contribution in [0.2, 0.25) is 0 Å². The number of thiophene rings is 1. The third-order valence-corrected chi connectivity index (χ3v) is 5.09. The van der Waals surface area contributed by atoms with Gasteiger partial charge in [0.25, 0.3) is 5.79 Å². The van der Waals surface area contributed by atoms with Gasteiger partial charge < -0.3 is 18.9 Å². The third-order valence-electron chi connectivity index (χ3n) is 4.15. The van der Waals surface area contributed by atoms with Crippen molar-refractivity contribution < 1.29 is 18.9 Å². The fourth-order valence-electron chi connectivity index (χ4n) is 3.30. The molecule has 1 aromatic heterocycles. The molecule has 112 valence electrons. The average molecular weight is 308 g/mol. The Morgan fingerprint density at radius 3 is 1.95 bits per heavy atom. The van der Waals surface area contributed by atoms with Gasteiger partial charge in [0.15, 0.2) is 0 Å². The van der Waals surface area contributed by atoms with Gasteiger partial charge in [-0.3, -0.25) is 0 Å². The summed E-state index contributed by atoms with van der Waals surface area (Å²) in [7, 11) is 5.61. The predicted octanol–water partition coefficient (Wildman–Crippen LogP) is 1.86. The standard InChI is InChI=1S/C14H16N2O4S/c1-17-13(18-2)11(10-6-5-7-21-10)12(8-15,9-16)14(13,19-3)20-4/h5-7,11H,1-4H3/t11-/m0/s1. The number of rotatable bonds is 5. The van der Waals surface area contributed by atoms with Crippen LogP contribution in [-0.4, -0.2) is 40.0 Å². The summed E-state index contributed by atoms with van der Waals surface area (Å²) in [4.78, 5) is 0.798. The highest BCUT2D eigenvalue weighted by atomic mass is 32.1. The Labute approximate surface area is 127 Å². The van der Waals surface area contributed by atoms with Crippen molar-refractivity contribution in [3.63, 3.8) is 0 Å². The van der Waals surface area contributed by atoms with Gasteiger partial charge in [-0.15, -0.1) is 11.3 Å². The van der Waals surface area contributed by atoms with Crippen molar-refractivity contribution in [2.45, 2.75) is 17.5 Å². The molecule has 0 unspecified atom stereocenters. The number of hydrogen-bond acceptors (Lipinski definition) is 7. The van der Waals surface area contributed by atoms with Crippen LogP contribution in [0.25, 0.3) is 0 Å². The van der Waals surface area contributed by atoms with Crippen LogP contribution in [0.4, 0.5) is 0 Å². The molecule has 0 spiro atoms. The summed E-state index contributed by atoms with van der Waals surface area (Å²) < 4.78 is 22.0. The molecule has 21 heavy (non-hydrogen) atoms. The number of nitrogens with zero attached hydrogens (tertiary/aromatic N) is 2. The minimum atomic E-state index is -1.64. The van der Waals surface area contributed by atoms with Crippen LogP contribution >= 0.6 is 11.3 Å². The van der Waals surface area contributed by atoms with Crippen molar-refractivity contribution in [1.82, 2.24) is 0 Å². The summed E-state index contributed by atoms with van der Waals surface area (Å²) in [6.45, 7) is 0. The van der Waals surface area contributed by atoms with Gasteiger partial charge in [-0.2, -0.15) is 10.5 Å². The Hall–Kier alpha value is -1.48. The molecule has 6 nitrogen and oxygen atoms in total. The van der Waals surface area contributed by atoms with Crippen LogP contribution in [0.15, 0.2) is 17.5 Å². The topological polar surface area (TPSA) is 84.5 Å². The van der Waals surface area contributed by atoms with E-state index >= 15 is 0 Å². The molecule has 0 aromatic carbocycles. The lowest BCUT2D eigenvalue weighted by Crippen LogP contribution is -2.82. The maximum Gasteiger partial charge on any atom is 0.257 e. The van der Waals surface area contributed by atoms with E-state index in [-0.39, 0.29) is 0 Å². The van der Waals surface area contributed by atoms with E-state index in [2.05, 4.69) is 12.1 Å². The molecule has 0 radical (unpaired) electrons. The largest absolute Gasteiger partial charge is 0.348 e. The first-order valence-electron chi connectivity index (χ1n) is 6.16. The van der Waals surface area contributed by atoms with Crippen LogP contribution in [-0.2, 0) is 18.9 Å². The first kappa shape index (κ1) is 15.9. The summed E-state index contributed by atoms with van der Waals surface area (Å²) >= 11 is 1.42. The third kappa shape index (κ3) is 1.53. The molecular weight excluding hydrogens is 292 g/mol. The van der Waals surface area contributed by atoms with Crippen LogP contribution in [0.5, 0.6) is 0 Å². The lowest BCUT2D eigenvalue weighted by Gasteiger charge is -2.64. The normalized spacial score (nSPS) is 24.6. The van der Waals surface area contributed by atoms with E-state index < -0.39 is 22.9 Å². The molecule has 7 heteroatoms. The first-order chi connectivity index (χ1) is 10.1. The van der Waals surface area contributed by atoms with Crippen LogP contribution in [0.1, 0.15) is 10.8 Å². The van der Waals surface area contributed by atoms with E-state index in [1.165, 1.54) is 39.8 Å². The van der Waals surface area contributed by atoms with Crippen molar-refractivity contribution in [1.29, 1.82) is 10.5 Å². The minimum absolute atomic E-state index is 0.644. The fourth-order valence-corrected chi connectivity index (χ4v) is 4.24. The molecule has 1 fully saturated rings. The van der Waals surface area contributed by atoms with Crippen molar-refractivity contribution in [3.05, 3.63) is 22.4 Å². The maximum atomic E-state index is 9.69. The van der Waals surface area contributed by atoms with E-state index in [0.29, 0.717) is 0 Å². The zero-order chi connectivity index (χ0) is 15.7. The summed E-state index contributed by atoms with van der Waals surface area (Å²) in [6, 6.07) is 7.79. The average Bonchev–Trinajstić information content (AvgIpc) is 3.03. The lowest BCUT2D eigenvalue weighted by atomic mass is 9.51. The molecule has 2 rings (SSSR count). The lowest BCUT2D eigenvalue weighted by molar-refractivity contribution is -0.480. The number of hydrogen-bond donors (Lipinski definition) is 0. The Bertz CT molecular complexity index is 565. The second-order valence-electron chi connectivity index (χ2n) is 4.58. The van der Waals surface area contributed by atoms with Gasteiger partial charge in [-0.25, -0.2) is 0 Å². The number of methoxy groups -OCH3 is 4. The second-order valence-corrected chi connectivity index (χ2v) is 5.56. The van der Waals surface area contributed by atoms with E-state index in [4.69, 9.17) is 18.9 Å². The van der Waals surface area contributed by atoms with Gasteiger partial charge in [0.2, 0.25) is 11.2 Å². The molecule has 1 atom stereocenters. The molecule has 0 amide bonds. The van der Waals surface area contributed by atoms with Gasteiger partial charge in [0.05, 0.1) is 18.1 Å². The Morgan fingerprint density at radius 1 is 1.05 bits per heavy atom. The zero-order valence-electron chi connectivity index (χ0n) is 12.2. The maximum absolute atomic E-state index is 9.69. The van der Waals surface area contributed by atoms with Gasteiger partial charge in [-0.05, 0) is 11.4 Å². The first-order valence-corrected chi connectivity index (χ1v) is 7.04. The zero-order valence-corrected chi connectivity index (χ0v) is 13.1. The quantitative estimate of drug-likeness (QED) is 0.772. The molecule has 0 saturated heterocycles. The van der Waals surface area contributed by atoms with Crippen molar-refractivity contribution in [3.8, 4) is 12.1 Å². The van der Waals surface area contributed by atoms with Gasteiger partial charge in [0, 0.05) is 33.3 Å². The van der Waals surface area contributed by atoms with E-state index in [1.807, 2.05) is 17.5 Å². The SMILES string of the molecule is COC1(OC)[C@@H](c2cccs2)C(C#N)(C#N)C1(OC)OC. The van der Waals surface area contributed by atoms with E-state index in [0.717, 1.165) is 4.88 Å². The molecule has 1 heterocycles. The van der Waals surface area contributed by atoms with Crippen molar-refractivity contribution >= 4 is 11.3 Å². The molecule has 0 N–H and O–H groups in total. The van der Waals surface area contributed by atoms with Crippen LogP contribution in [0.3, 0.4) is 0 Å². The number of nitriles is 2. The molecule has 0 aliphatic heterocycles. The molecule has 0 bridgehead atoms. The van der Waals surface area contributed by atoms with Gasteiger partial charge in [-0.1, -0.05) is 6.07 Å². The smallest absolute Gasteiger partial charge is 0.257 e. The van der Waals surface area contributed by atoms with Crippen LogP contribution < -0.4 is 0 Å². The Balaban J connectivity index is 2.73. The molecule has 1 aromatic rings. The Kier molecular flexibility index (Phi) is 4.07. The monoisotopic (exact) mass is 308 g/mol. The molecule has 1 aliphatic carbocycles. The predicted molar refractivity (Wildman–Crippen MR) is 74.2 cm³/mol. The van der Waals surface area contributed by atoms with Gasteiger partial charge in [0.1, 0.15) is 0 Å². The second kappa shape index (κ2) is 5.38. The summed E-state index contributed by atoms with van der Waals surface area (Å²) in [5.74, 6) is -3.66. The molecular formula is C14H16N2O4S. The summed E-state index contributed by atoms with van der Waals surface area (Å²) in [6.07, 6.45) is 0. The highest BCUT2D eigenvalue weighted by molar-refractivity contribution is 7.10. The molecule has 1 aliphatic rings. The summed E-state index contributed by atoms with van der Waals surface area (Å²) in [5.41, 5.74) is -1.58. The summed E-state index contributed by atoms with van der Waals surface area (Å²) in [5, 5.41) is 21.2. The van der Waals surface area contributed by atoms with Crippen molar-refractivity contribution in [2.24, 2.45) is 5.41 Å². The van der Waals surface area contributed by atoms with Crippen molar-refractivity contribution in [2.75, 3.05) is 28.4 Å². The minimum Gasteiger partial charge on any atom is -0.348 e. The Morgan fingerprint density at radius 2 is 1.62 bits per heavy atom. The highest BCUT2D eigenvalue weighted by Crippen LogP contribution is 2.69. The number of ether oxygens (including phenoxy) is 4. The van der Waals surface area contributed by atoms with Crippen LogP contribution in [0, 0.1) is 28.1 Å². The fraction of sp³-hybridized carbons (Fsp3) is 0.571. The highest BCUT2D eigenvalue weighted by Gasteiger charge is 2.87. The van der Waals surface area contributed by atoms with Gasteiger partial charge >= 0.3 is 0 Å². The van der Waals surface area contributed by atoms with E-state index in [1.54, 1.807) is 0 Å².